The molecule has 0 aliphatic heterocycles. The number of aromatic nitrogens is 1. The van der Waals surface area contributed by atoms with Crippen molar-refractivity contribution in [2.75, 3.05) is 6.61 Å². The summed E-state index contributed by atoms with van der Waals surface area (Å²) in [5.41, 5.74) is 1.77. The Hall–Kier alpha value is -1.85. The van der Waals surface area contributed by atoms with Crippen LogP contribution in [0, 0.1) is 24.5 Å². The van der Waals surface area contributed by atoms with Crippen molar-refractivity contribution in [1.82, 2.24) is 10.3 Å². The highest BCUT2D eigenvalue weighted by Gasteiger charge is 2.14. The molecule has 0 saturated heterocycles. The lowest BCUT2D eigenvalue weighted by molar-refractivity contribution is 0.209. The molecule has 2 N–H and O–H groups in total. The van der Waals surface area contributed by atoms with Gasteiger partial charge >= 0.3 is 0 Å². The summed E-state index contributed by atoms with van der Waals surface area (Å²) in [6, 6.07) is 7.49. The number of benzene rings is 1. The molecule has 3 nitrogen and oxygen atoms in total. The molecule has 0 aliphatic rings. The Kier molecular flexibility index (Phi) is 5.80. The van der Waals surface area contributed by atoms with Crippen molar-refractivity contribution in [1.29, 1.82) is 0 Å². The fourth-order valence-electron chi connectivity index (χ4n) is 2.33. The number of nitrogens with zero attached hydrogens (tertiary/aromatic N) is 1. The van der Waals surface area contributed by atoms with E-state index in [-0.39, 0.29) is 36.6 Å². The number of rotatable bonds is 6. The molecule has 1 aromatic heterocycles. The van der Waals surface area contributed by atoms with Gasteiger partial charge in [0.05, 0.1) is 18.0 Å². The van der Waals surface area contributed by atoms with E-state index >= 15 is 0 Å². The Labute approximate surface area is 135 Å². The standard InChI is InChI=1S/C18H22F2N2O/c1-11(2)18(10-23)21-9-17-14(19)6-7-16(22-17)13-5-4-12(3)8-15(13)20/h4-8,11,18,21,23H,9-10H2,1-3H3. The summed E-state index contributed by atoms with van der Waals surface area (Å²) in [5, 5.41) is 12.4. The Morgan fingerprint density at radius 3 is 2.48 bits per heavy atom. The van der Waals surface area contributed by atoms with Crippen LogP contribution < -0.4 is 5.32 Å². The van der Waals surface area contributed by atoms with E-state index < -0.39 is 5.82 Å². The Bertz CT molecular complexity index is 674. The van der Waals surface area contributed by atoms with Gasteiger partial charge in [0.2, 0.25) is 0 Å². The van der Waals surface area contributed by atoms with Crippen LogP contribution in [0.15, 0.2) is 30.3 Å². The minimum Gasteiger partial charge on any atom is -0.395 e. The zero-order chi connectivity index (χ0) is 17.0. The molecule has 124 valence electrons. The lowest BCUT2D eigenvalue weighted by Crippen LogP contribution is -2.36. The Morgan fingerprint density at radius 1 is 1.13 bits per heavy atom. The van der Waals surface area contributed by atoms with E-state index in [0.29, 0.717) is 11.3 Å². The normalized spacial score (nSPS) is 12.7. The highest BCUT2D eigenvalue weighted by atomic mass is 19.1. The molecule has 0 bridgehead atoms. The zero-order valence-corrected chi connectivity index (χ0v) is 13.6. The molecule has 0 saturated carbocycles. The second-order valence-electron chi connectivity index (χ2n) is 6.02. The topological polar surface area (TPSA) is 45.1 Å². The van der Waals surface area contributed by atoms with E-state index in [1.54, 1.807) is 19.1 Å². The molecule has 1 unspecified atom stereocenters. The molecule has 2 aromatic rings. The van der Waals surface area contributed by atoms with Gasteiger partial charge in [-0.1, -0.05) is 19.9 Å². The van der Waals surface area contributed by atoms with Crippen LogP contribution in [0.25, 0.3) is 11.3 Å². The monoisotopic (exact) mass is 320 g/mol. The minimum atomic E-state index is -0.450. The van der Waals surface area contributed by atoms with Crippen molar-refractivity contribution >= 4 is 0 Å². The molecule has 1 atom stereocenters. The van der Waals surface area contributed by atoms with Crippen molar-refractivity contribution in [3.8, 4) is 11.3 Å². The molecule has 0 radical (unpaired) electrons. The van der Waals surface area contributed by atoms with Gasteiger partial charge in [-0.3, -0.25) is 0 Å². The molecular weight excluding hydrogens is 298 g/mol. The molecule has 2 rings (SSSR count). The third-order valence-corrected chi connectivity index (χ3v) is 3.85. The van der Waals surface area contributed by atoms with Crippen molar-refractivity contribution in [3.63, 3.8) is 0 Å². The summed E-state index contributed by atoms with van der Waals surface area (Å²) in [7, 11) is 0. The Morgan fingerprint density at radius 2 is 1.87 bits per heavy atom. The van der Waals surface area contributed by atoms with Crippen molar-refractivity contribution in [2.45, 2.75) is 33.4 Å². The van der Waals surface area contributed by atoms with Crippen LogP contribution in [-0.2, 0) is 6.54 Å². The predicted molar refractivity (Wildman–Crippen MR) is 86.9 cm³/mol. The summed E-state index contributed by atoms with van der Waals surface area (Å²) < 4.78 is 28.0. The smallest absolute Gasteiger partial charge is 0.146 e. The summed E-state index contributed by atoms with van der Waals surface area (Å²) in [6.07, 6.45) is 0. The molecule has 23 heavy (non-hydrogen) atoms. The van der Waals surface area contributed by atoms with Gasteiger partial charge in [-0.05, 0) is 42.7 Å². The van der Waals surface area contributed by atoms with Crippen LogP contribution in [0.4, 0.5) is 8.78 Å². The maximum absolute atomic E-state index is 14.1. The van der Waals surface area contributed by atoms with Crippen LogP contribution in [0.3, 0.4) is 0 Å². The van der Waals surface area contributed by atoms with E-state index in [4.69, 9.17) is 0 Å². The number of hydrogen-bond acceptors (Lipinski definition) is 3. The molecule has 0 spiro atoms. The van der Waals surface area contributed by atoms with E-state index in [1.165, 1.54) is 18.2 Å². The third-order valence-electron chi connectivity index (χ3n) is 3.85. The van der Waals surface area contributed by atoms with Crippen LogP contribution in [0.5, 0.6) is 0 Å². The number of nitrogens with one attached hydrogen (secondary N) is 1. The average Bonchev–Trinajstić information content (AvgIpc) is 2.49. The van der Waals surface area contributed by atoms with E-state index in [2.05, 4.69) is 10.3 Å². The van der Waals surface area contributed by atoms with Gasteiger partial charge in [0.25, 0.3) is 0 Å². The van der Waals surface area contributed by atoms with E-state index in [9.17, 15) is 13.9 Å². The molecule has 0 aliphatic carbocycles. The number of aryl methyl sites for hydroxylation is 1. The molecule has 0 amide bonds. The minimum absolute atomic E-state index is 0.0361. The van der Waals surface area contributed by atoms with Gasteiger partial charge in [-0.15, -0.1) is 0 Å². The van der Waals surface area contributed by atoms with Crippen molar-refractivity contribution in [2.24, 2.45) is 5.92 Å². The fraction of sp³-hybridized carbons (Fsp3) is 0.389. The van der Waals surface area contributed by atoms with Gasteiger partial charge in [0, 0.05) is 18.2 Å². The number of hydrogen-bond donors (Lipinski definition) is 2. The maximum Gasteiger partial charge on any atom is 0.146 e. The van der Waals surface area contributed by atoms with Crippen molar-refractivity contribution in [3.05, 3.63) is 53.2 Å². The average molecular weight is 320 g/mol. The Balaban J connectivity index is 2.25. The number of aliphatic hydroxyl groups excluding tert-OH is 1. The lowest BCUT2D eigenvalue weighted by Gasteiger charge is -2.20. The van der Waals surface area contributed by atoms with E-state index in [0.717, 1.165) is 5.56 Å². The summed E-state index contributed by atoms with van der Waals surface area (Å²) in [6.45, 7) is 5.88. The third kappa shape index (κ3) is 4.33. The van der Waals surface area contributed by atoms with Crippen LogP contribution in [0.1, 0.15) is 25.1 Å². The second-order valence-corrected chi connectivity index (χ2v) is 6.02. The van der Waals surface area contributed by atoms with Crippen LogP contribution in [-0.4, -0.2) is 22.7 Å². The lowest BCUT2D eigenvalue weighted by atomic mass is 10.1. The van der Waals surface area contributed by atoms with Crippen LogP contribution >= 0.6 is 0 Å². The number of aliphatic hydroxyl groups is 1. The fourth-order valence-corrected chi connectivity index (χ4v) is 2.33. The molecular formula is C18H22F2N2O. The number of halogens is 2. The van der Waals surface area contributed by atoms with Crippen LogP contribution in [0.2, 0.25) is 0 Å². The highest BCUT2D eigenvalue weighted by Crippen LogP contribution is 2.23. The first-order valence-corrected chi connectivity index (χ1v) is 7.68. The highest BCUT2D eigenvalue weighted by molar-refractivity contribution is 5.60. The number of pyridine rings is 1. The maximum atomic E-state index is 14.1. The molecule has 0 fully saturated rings. The molecule has 5 heteroatoms. The summed E-state index contributed by atoms with van der Waals surface area (Å²) in [4.78, 5) is 4.24. The summed E-state index contributed by atoms with van der Waals surface area (Å²) >= 11 is 0. The summed E-state index contributed by atoms with van der Waals surface area (Å²) in [5.74, 6) is -0.617. The SMILES string of the molecule is Cc1ccc(-c2ccc(F)c(CNC(CO)C(C)C)n2)c(F)c1. The molecule has 1 aromatic carbocycles. The van der Waals surface area contributed by atoms with Crippen molar-refractivity contribution < 1.29 is 13.9 Å². The first-order valence-electron chi connectivity index (χ1n) is 7.68. The van der Waals surface area contributed by atoms with Gasteiger partial charge in [0.15, 0.2) is 0 Å². The van der Waals surface area contributed by atoms with Gasteiger partial charge in [-0.25, -0.2) is 13.8 Å². The van der Waals surface area contributed by atoms with Gasteiger partial charge in [0.1, 0.15) is 11.6 Å². The first-order chi connectivity index (χ1) is 10.9. The molecule has 1 heterocycles. The predicted octanol–water partition coefficient (Wildman–Crippen LogP) is 3.44. The van der Waals surface area contributed by atoms with E-state index in [1.807, 2.05) is 13.8 Å². The largest absolute Gasteiger partial charge is 0.395 e. The van der Waals surface area contributed by atoms with Gasteiger partial charge in [-0.2, -0.15) is 0 Å². The zero-order valence-electron chi connectivity index (χ0n) is 13.6. The quantitative estimate of drug-likeness (QED) is 0.857. The first kappa shape index (κ1) is 17.5. The van der Waals surface area contributed by atoms with Gasteiger partial charge < -0.3 is 10.4 Å². The second kappa shape index (κ2) is 7.62.